The molecule has 1 fully saturated rings. The molecule has 0 bridgehead atoms. The monoisotopic (exact) mass is 343 g/mol. The fourth-order valence-electron chi connectivity index (χ4n) is 3.43. The van der Waals surface area contributed by atoms with Gasteiger partial charge in [0.25, 0.3) is 0 Å². The van der Waals surface area contributed by atoms with E-state index in [9.17, 15) is 4.79 Å². The van der Waals surface area contributed by atoms with Crippen LogP contribution in [0.25, 0.3) is 10.9 Å². The second-order valence-corrected chi connectivity index (χ2v) is 6.70. The number of amides is 1. The summed E-state index contributed by atoms with van der Waals surface area (Å²) < 4.78 is 7.33. The van der Waals surface area contributed by atoms with Crippen molar-refractivity contribution < 1.29 is 9.32 Å². The minimum Gasteiger partial charge on any atom is -0.359 e. The van der Waals surface area contributed by atoms with Gasteiger partial charge in [0.1, 0.15) is 6.54 Å². The molecule has 1 aliphatic rings. The molecule has 0 radical (unpaired) electrons. The van der Waals surface area contributed by atoms with Crippen molar-refractivity contribution in [2.75, 3.05) is 6.54 Å². The highest BCUT2D eigenvalue weighted by Gasteiger charge is 2.32. The summed E-state index contributed by atoms with van der Waals surface area (Å²) in [4.78, 5) is 14.7. The van der Waals surface area contributed by atoms with Gasteiger partial charge in [-0.3, -0.25) is 4.79 Å². The van der Waals surface area contributed by atoms with Crippen LogP contribution in [0.1, 0.15) is 30.3 Å². The first-order valence-corrected chi connectivity index (χ1v) is 8.47. The predicted molar refractivity (Wildman–Crippen MR) is 91.9 cm³/mol. The first-order chi connectivity index (χ1) is 11.6. The molecular formula is C18H18ClN3O2. The van der Waals surface area contributed by atoms with E-state index in [0.29, 0.717) is 11.6 Å². The Balaban J connectivity index is 1.57. The topological polar surface area (TPSA) is 51.3 Å². The third kappa shape index (κ3) is 2.69. The van der Waals surface area contributed by atoms with Gasteiger partial charge in [-0.25, -0.2) is 0 Å². The van der Waals surface area contributed by atoms with Gasteiger partial charge in [0.2, 0.25) is 5.91 Å². The third-order valence-electron chi connectivity index (χ3n) is 4.59. The van der Waals surface area contributed by atoms with Gasteiger partial charge >= 0.3 is 0 Å². The Morgan fingerprint density at radius 3 is 3.04 bits per heavy atom. The minimum atomic E-state index is -0.0101. The van der Waals surface area contributed by atoms with Crippen molar-refractivity contribution in [3.63, 3.8) is 0 Å². The molecule has 6 heteroatoms. The van der Waals surface area contributed by atoms with Gasteiger partial charge in [-0.05, 0) is 43.4 Å². The number of rotatable bonds is 3. The van der Waals surface area contributed by atoms with Crippen LogP contribution in [0.4, 0.5) is 0 Å². The van der Waals surface area contributed by atoms with E-state index < -0.39 is 0 Å². The van der Waals surface area contributed by atoms with Crippen LogP contribution in [-0.2, 0) is 11.3 Å². The van der Waals surface area contributed by atoms with Crippen molar-refractivity contribution in [2.24, 2.45) is 0 Å². The van der Waals surface area contributed by atoms with Crippen molar-refractivity contribution in [2.45, 2.75) is 32.4 Å². The largest absolute Gasteiger partial charge is 0.359 e. The number of aryl methyl sites for hydroxylation is 1. The van der Waals surface area contributed by atoms with Crippen LogP contribution >= 0.6 is 11.6 Å². The highest BCUT2D eigenvalue weighted by Crippen LogP contribution is 2.32. The number of likely N-dealkylation sites (tertiary alicyclic amines) is 1. The SMILES string of the molecule is Cc1cc([C@H]2CCCN2C(=O)Cn2ccc3ccc(Cl)cc32)on1. The van der Waals surface area contributed by atoms with Gasteiger partial charge in [-0.15, -0.1) is 0 Å². The molecule has 4 rings (SSSR count). The first kappa shape index (κ1) is 15.3. The lowest BCUT2D eigenvalue weighted by Gasteiger charge is -2.23. The molecule has 0 N–H and O–H groups in total. The molecule has 3 aromatic rings. The van der Waals surface area contributed by atoms with Crippen molar-refractivity contribution in [3.8, 4) is 0 Å². The molecule has 0 unspecified atom stereocenters. The Labute approximate surface area is 144 Å². The fraction of sp³-hybridized carbons (Fsp3) is 0.333. The molecule has 0 aliphatic carbocycles. The maximum atomic E-state index is 12.8. The summed E-state index contributed by atoms with van der Waals surface area (Å²) in [6, 6.07) is 9.63. The van der Waals surface area contributed by atoms with E-state index in [0.717, 1.165) is 41.7 Å². The van der Waals surface area contributed by atoms with Gasteiger partial charge < -0.3 is 14.0 Å². The van der Waals surface area contributed by atoms with Crippen LogP contribution in [0.15, 0.2) is 41.1 Å². The number of aromatic nitrogens is 2. The standard InChI is InChI=1S/C18H18ClN3O2/c1-12-9-17(24-20-12)15-3-2-7-22(15)18(23)11-21-8-6-13-4-5-14(19)10-16(13)21/h4-6,8-10,15H,2-3,7,11H2,1H3/t15-/m1/s1. The number of nitrogens with zero attached hydrogens (tertiary/aromatic N) is 3. The van der Waals surface area contributed by atoms with Crippen LogP contribution in [0, 0.1) is 6.92 Å². The number of fused-ring (bicyclic) bond motifs is 1. The molecular weight excluding hydrogens is 326 g/mol. The van der Waals surface area contributed by atoms with E-state index in [1.807, 2.05) is 52.9 Å². The normalized spacial score (nSPS) is 17.8. The lowest BCUT2D eigenvalue weighted by molar-refractivity contribution is -0.133. The summed E-state index contributed by atoms with van der Waals surface area (Å²) in [5.41, 5.74) is 1.82. The summed E-state index contributed by atoms with van der Waals surface area (Å²) in [5, 5.41) is 5.70. The average molecular weight is 344 g/mol. The third-order valence-corrected chi connectivity index (χ3v) is 4.82. The molecule has 124 valence electrons. The quantitative estimate of drug-likeness (QED) is 0.723. The Morgan fingerprint density at radius 2 is 2.25 bits per heavy atom. The number of carbonyl (C=O) groups excluding carboxylic acids is 1. The molecule has 1 atom stereocenters. The minimum absolute atomic E-state index is 0.0101. The van der Waals surface area contributed by atoms with Gasteiger partial charge in [0, 0.05) is 29.3 Å². The molecule has 0 saturated carbocycles. The molecule has 0 spiro atoms. The van der Waals surface area contributed by atoms with Gasteiger partial charge in [-0.1, -0.05) is 22.8 Å². The maximum absolute atomic E-state index is 12.8. The van der Waals surface area contributed by atoms with Crippen molar-refractivity contribution in [1.29, 1.82) is 0 Å². The van der Waals surface area contributed by atoms with Crippen LogP contribution in [0.3, 0.4) is 0 Å². The second-order valence-electron chi connectivity index (χ2n) is 6.26. The van der Waals surface area contributed by atoms with Crippen LogP contribution in [0.2, 0.25) is 5.02 Å². The Hall–Kier alpha value is -2.27. The zero-order valence-corrected chi connectivity index (χ0v) is 14.2. The Bertz CT molecular complexity index is 899. The second kappa shape index (κ2) is 5.98. The van der Waals surface area contributed by atoms with E-state index in [4.69, 9.17) is 16.1 Å². The zero-order chi connectivity index (χ0) is 16.7. The predicted octanol–water partition coefficient (Wildman–Crippen LogP) is 3.95. The zero-order valence-electron chi connectivity index (χ0n) is 13.4. The Morgan fingerprint density at radius 1 is 1.38 bits per heavy atom. The van der Waals surface area contributed by atoms with Gasteiger partial charge in [0.15, 0.2) is 5.76 Å². The summed E-state index contributed by atoms with van der Waals surface area (Å²) in [6.07, 6.45) is 3.83. The van der Waals surface area contributed by atoms with Crippen LogP contribution < -0.4 is 0 Å². The van der Waals surface area contributed by atoms with E-state index in [1.54, 1.807) is 0 Å². The Kier molecular flexibility index (Phi) is 3.81. The number of benzene rings is 1. The molecule has 1 amide bonds. The highest BCUT2D eigenvalue weighted by molar-refractivity contribution is 6.31. The lowest BCUT2D eigenvalue weighted by Crippen LogP contribution is -2.33. The van der Waals surface area contributed by atoms with Crippen molar-refractivity contribution in [3.05, 3.63) is 53.0 Å². The van der Waals surface area contributed by atoms with E-state index >= 15 is 0 Å². The van der Waals surface area contributed by atoms with E-state index in [2.05, 4.69) is 5.16 Å². The highest BCUT2D eigenvalue weighted by atomic mass is 35.5. The van der Waals surface area contributed by atoms with Crippen LogP contribution in [0.5, 0.6) is 0 Å². The van der Waals surface area contributed by atoms with Crippen LogP contribution in [-0.4, -0.2) is 27.1 Å². The van der Waals surface area contributed by atoms with Crippen molar-refractivity contribution >= 4 is 28.4 Å². The number of halogens is 1. The molecule has 3 heterocycles. The van der Waals surface area contributed by atoms with E-state index in [1.165, 1.54) is 0 Å². The van der Waals surface area contributed by atoms with Gasteiger partial charge in [-0.2, -0.15) is 0 Å². The van der Waals surface area contributed by atoms with E-state index in [-0.39, 0.29) is 11.9 Å². The molecule has 1 saturated heterocycles. The molecule has 1 aromatic carbocycles. The number of carbonyl (C=O) groups is 1. The molecule has 1 aliphatic heterocycles. The number of hydrogen-bond acceptors (Lipinski definition) is 3. The average Bonchev–Trinajstić information content (AvgIpc) is 3.27. The molecule has 2 aromatic heterocycles. The molecule has 24 heavy (non-hydrogen) atoms. The summed E-state index contributed by atoms with van der Waals surface area (Å²) in [6.45, 7) is 2.94. The first-order valence-electron chi connectivity index (χ1n) is 8.09. The summed E-state index contributed by atoms with van der Waals surface area (Å²) in [7, 11) is 0. The molecule has 5 nitrogen and oxygen atoms in total. The smallest absolute Gasteiger partial charge is 0.243 e. The fourth-order valence-corrected chi connectivity index (χ4v) is 3.60. The summed E-state index contributed by atoms with van der Waals surface area (Å²) in [5.74, 6) is 0.864. The van der Waals surface area contributed by atoms with Crippen molar-refractivity contribution in [1.82, 2.24) is 14.6 Å². The lowest BCUT2D eigenvalue weighted by atomic mass is 10.1. The number of hydrogen-bond donors (Lipinski definition) is 0. The van der Waals surface area contributed by atoms with Gasteiger partial charge in [0.05, 0.1) is 11.7 Å². The maximum Gasteiger partial charge on any atom is 0.243 e. The summed E-state index contributed by atoms with van der Waals surface area (Å²) >= 11 is 6.09.